The number of nitrogens with zero attached hydrogens (tertiary/aromatic N) is 1. The van der Waals surface area contributed by atoms with E-state index in [4.69, 9.17) is 9.47 Å². The van der Waals surface area contributed by atoms with Crippen LogP contribution in [0.5, 0.6) is 5.75 Å². The second kappa shape index (κ2) is 9.52. The molecule has 1 N–H and O–H groups in total. The molecule has 2 rings (SSSR count). The van der Waals surface area contributed by atoms with Gasteiger partial charge in [0.2, 0.25) is 0 Å². The van der Waals surface area contributed by atoms with Crippen molar-refractivity contribution in [1.29, 1.82) is 0 Å². The fraction of sp³-hybridized carbons (Fsp3) is 0.600. The first-order chi connectivity index (χ1) is 13.2. The molecule has 1 amide bonds. The topological polar surface area (TPSA) is 108 Å². The largest absolute Gasteiger partial charge is 0.487 e. The number of hydrogen-bond acceptors (Lipinski definition) is 6. The summed E-state index contributed by atoms with van der Waals surface area (Å²) in [5, 5.41) is 14.2. The Labute approximate surface area is 164 Å². The Balaban J connectivity index is 2.02. The fourth-order valence-corrected chi connectivity index (χ4v) is 3.43. The van der Waals surface area contributed by atoms with Gasteiger partial charge in [-0.2, -0.15) is 0 Å². The van der Waals surface area contributed by atoms with Crippen molar-refractivity contribution in [3.63, 3.8) is 0 Å². The second-order valence-corrected chi connectivity index (χ2v) is 7.30. The van der Waals surface area contributed by atoms with Gasteiger partial charge in [-0.1, -0.05) is 26.7 Å². The first kappa shape index (κ1) is 21.7. The van der Waals surface area contributed by atoms with Crippen LogP contribution < -0.4 is 10.1 Å². The van der Waals surface area contributed by atoms with Crippen LogP contribution in [-0.2, 0) is 9.53 Å². The van der Waals surface area contributed by atoms with Gasteiger partial charge in [-0.05, 0) is 44.2 Å². The summed E-state index contributed by atoms with van der Waals surface area (Å²) < 4.78 is 10.4. The number of esters is 1. The number of carbonyl (C=O) groups is 2. The normalized spacial score (nSPS) is 22.8. The van der Waals surface area contributed by atoms with Crippen molar-refractivity contribution >= 4 is 17.6 Å². The lowest BCUT2D eigenvalue weighted by molar-refractivity contribution is -0.385. The van der Waals surface area contributed by atoms with E-state index >= 15 is 0 Å². The van der Waals surface area contributed by atoms with Crippen LogP contribution in [0.15, 0.2) is 18.2 Å². The molecule has 0 aromatic heterocycles. The van der Waals surface area contributed by atoms with E-state index in [-0.39, 0.29) is 35.6 Å². The number of amides is 1. The summed E-state index contributed by atoms with van der Waals surface area (Å²) in [4.78, 5) is 35.3. The maximum atomic E-state index is 12.4. The summed E-state index contributed by atoms with van der Waals surface area (Å²) >= 11 is 0. The van der Waals surface area contributed by atoms with Crippen molar-refractivity contribution in [2.45, 2.75) is 59.1 Å². The molecule has 0 aliphatic heterocycles. The highest BCUT2D eigenvalue weighted by molar-refractivity contribution is 5.93. The standard InChI is InChI=1S/C20H28N2O6/c1-5-27-18-10-9-15(11-17(18)22(25)26)20(24)28-14(4)19(23)21-16-8-6-7-12(2)13(16)3/h9-14,16H,5-8H2,1-4H3,(H,21,23)/t12-,13-,14-,16+/m0/s1. The van der Waals surface area contributed by atoms with Gasteiger partial charge in [0.15, 0.2) is 11.9 Å². The Bertz CT molecular complexity index is 735. The third-order valence-electron chi connectivity index (χ3n) is 5.38. The van der Waals surface area contributed by atoms with Gasteiger partial charge in [-0.15, -0.1) is 0 Å². The molecule has 1 aliphatic carbocycles. The Morgan fingerprint density at radius 3 is 2.68 bits per heavy atom. The molecule has 8 nitrogen and oxygen atoms in total. The number of nitro benzene ring substituents is 1. The molecule has 0 spiro atoms. The molecular formula is C20H28N2O6. The molecule has 0 saturated heterocycles. The summed E-state index contributed by atoms with van der Waals surface area (Å²) in [7, 11) is 0. The second-order valence-electron chi connectivity index (χ2n) is 7.30. The molecule has 1 aromatic rings. The SMILES string of the molecule is CCOc1ccc(C(=O)O[C@@H](C)C(=O)N[C@@H]2CCC[C@H](C)[C@@H]2C)cc1[N+](=O)[O-]. The minimum atomic E-state index is -0.998. The molecule has 4 atom stereocenters. The molecule has 0 heterocycles. The predicted molar refractivity (Wildman–Crippen MR) is 103 cm³/mol. The Hall–Kier alpha value is -2.64. The summed E-state index contributed by atoms with van der Waals surface area (Å²) in [6.45, 7) is 7.75. The third kappa shape index (κ3) is 5.21. The number of nitro groups is 1. The third-order valence-corrected chi connectivity index (χ3v) is 5.38. The summed E-state index contributed by atoms with van der Waals surface area (Å²) in [5.74, 6) is -0.190. The number of hydrogen-bond donors (Lipinski definition) is 1. The zero-order valence-electron chi connectivity index (χ0n) is 16.8. The van der Waals surface area contributed by atoms with Gasteiger partial charge in [0.1, 0.15) is 0 Å². The molecule has 0 bridgehead atoms. The molecule has 1 saturated carbocycles. The van der Waals surface area contributed by atoms with E-state index in [1.807, 2.05) is 0 Å². The van der Waals surface area contributed by atoms with Crippen LogP contribution in [0.25, 0.3) is 0 Å². The minimum Gasteiger partial charge on any atom is -0.487 e. The van der Waals surface area contributed by atoms with Crippen molar-refractivity contribution < 1.29 is 24.0 Å². The molecule has 1 aromatic carbocycles. The summed E-state index contributed by atoms with van der Waals surface area (Å²) in [5.41, 5.74) is -0.326. The molecule has 8 heteroatoms. The maximum absolute atomic E-state index is 12.4. The van der Waals surface area contributed by atoms with Crippen molar-refractivity contribution in [2.24, 2.45) is 11.8 Å². The highest BCUT2D eigenvalue weighted by Gasteiger charge is 2.30. The fourth-order valence-electron chi connectivity index (χ4n) is 3.43. The number of rotatable bonds is 7. The van der Waals surface area contributed by atoms with Crippen LogP contribution in [0.1, 0.15) is 57.3 Å². The highest BCUT2D eigenvalue weighted by atomic mass is 16.6. The van der Waals surface area contributed by atoms with E-state index in [2.05, 4.69) is 19.2 Å². The first-order valence-corrected chi connectivity index (χ1v) is 9.67. The number of carbonyl (C=O) groups excluding carboxylic acids is 2. The molecule has 0 unspecified atom stereocenters. The van der Waals surface area contributed by atoms with E-state index in [9.17, 15) is 19.7 Å². The van der Waals surface area contributed by atoms with Crippen LogP contribution in [-0.4, -0.2) is 35.6 Å². The van der Waals surface area contributed by atoms with Crippen LogP contribution in [0.2, 0.25) is 0 Å². The predicted octanol–water partition coefficient (Wildman–Crippen LogP) is 3.48. The average Bonchev–Trinajstić information content (AvgIpc) is 2.65. The minimum absolute atomic E-state index is 0.00513. The van der Waals surface area contributed by atoms with Gasteiger partial charge in [0.05, 0.1) is 17.1 Å². The van der Waals surface area contributed by atoms with E-state index in [1.165, 1.54) is 19.1 Å². The van der Waals surface area contributed by atoms with E-state index in [0.29, 0.717) is 11.8 Å². The van der Waals surface area contributed by atoms with Gasteiger partial charge in [-0.3, -0.25) is 14.9 Å². The lowest BCUT2D eigenvalue weighted by Gasteiger charge is -2.35. The van der Waals surface area contributed by atoms with Gasteiger partial charge < -0.3 is 14.8 Å². The molecular weight excluding hydrogens is 364 g/mol. The van der Waals surface area contributed by atoms with Crippen molar-refractivity contribution in [3.8, 4) is 5.75 Å². The lowest BCUT2D eigenvalue weighted by Crippen LogP contribution is -2.47. The Morgan fingerprint density at radius 1 is 1.32 bits per heavy atom. The number of ether oxygens (including phenoxy) is 2. The quantitative estimate of drug-likeness (QED) is 0.432. The van der Waals surface area contributed by atoms with E-state index < -0.39 is 17.0 Å². The highest BCUT2D eigenvalue weighted by Crippen LogP contribution is 2.30. The summed E-state index contributed by atoms with van der Waals surface area (Å²) in [6, 6.07) is 3.90. The zero-order chi connectivity index (χ0) is 20.8. The Kier molecular flexibility index (Phi) is 7.37. The van der Waals surface area contributed by atoms with Gasteiger partial charge in [-0.25, -0.2) is 4.79 Å². The zero-order valence-corrected chi connectivity index (χ0v) is 16.8. The average molecular weight is 392 g/mol. The molecule has 1 fully saturated rings. The van der Waals surface area contributed by atoms with E-state index in [1.54, 1.807) is 6.92 Å². The molecule has 28 heavy (non-hydrogen) atoms. The van der Waals surface area contributed by atoms with Gasteiger partial charge in [0.25, 0.3) is 5.91 Å². The van der Waals surface area contributed by atoms with Gasteiger partial charge in [0, 0.05) is 12.1 Å². The van der Waals surface area contributed by atoms with Crippen molar-refractivity contribution in [1.82, 2.24) is 5.32 Å². The first-order valence-electron chi connectivity index (χ1n) is 9.67. The molecule has 1 aliphatic rings. The lowest BCUT2D eigenvalue weighted by atomic mass is 9.78. The van der Waals surface area contributed by atoms with Crippen molar-refractivity contribution in [2.75, 3.05) is 6.61 Å². The molecule has 154 valence electrons. The maximum Gasteiger partial charge on any atom is 0.339 e. The smallest absolute Gasteiger partial charge is 0.339 e. The van der Waals surface area contributed by atoms with Crippen LogP contribution in [0, 0.1) is 22.0 Å². The summed E-state index contributed by atoms with van der Waals surface area (Å²) in [6.07, 6.45) is 2.11. The number of benzene rings is 1. The van der Waals surface area contributed by atoms with Crippen LogP contribution in [0.4, 0.5) is 5.69 Å². The van der Waals surface area contributed by atoms with E-state index in [0.717, 1.165) is 25.3 Å². The van der Waals surface area contributed by atoms with Gasteiger partial charge >= 0.3 is 11.7 Å². The Morgan fingerprint density at radius 2 is 2.04 bits per heavy atom. The van der Waals surface area contributed by atoms with Crippen LogP contribution >= 0.6 is 0 Å². The van der Waals surface area contributed by atoms with Crippen molar-refractivity contribution in [3.05, 3.63) is 33.9 Å². The monoisotopic (exact) mass is 392 g/mol. The molecule has 0 radical (unpaired) electrons. The van der Waals surface area contributed by atoms with Crippen LogP contribution in [0.3, 0.4) is 0 Å². The number of nitrogens with one attached hydrogen (secondary N) is 1.